The minimum Gasteiger partial charge on any atom is -0.355 e. The highest BCUT2D eigenvalue weighted by molar-refractivity contribution is 7.98. The number of nitrogens with one attached hydrogen (secondary N) is 5. The van der Waals surface area contributed by atoms with Crippen molar-refractivity contribution < 1.29 is 24.0 Å². The number of anilines is 1. The van der Waals surface area contributed by atoms with E-state index in [0.29, 0.717) is 36.0 Å². The summed E-state index contributed by atoms with van der Waals surface area (Å²) in [6.07, 6.45) is 4.91. The van der Waals surface area contributed by atoms with E-state index in [2.05, 4.69) is 36.6 Å². The number of piperidine rings is 1. The molecule has 1 aliphatic rings. The van der Waals surface area contributed by atoms with Crippen LogP contribution in [0.5, 0.6) is 0 Å². The molecule has 4 rings (SSSR count). The van der Waals surface area contributed by atoms with Gasteiger partial charge in [0.15, 0.2) is 5.82 Å². The molecule has 0 bridgehead atoms. The maximum atomic E-state index is 13.9. The van der Waals surface area contributed by atoms with Crippen molar-refractivity contribution in [2.24, 2.45) is 11.3 Å². The summed E-state index contributed by atoms with van der Waals surface area (Å²) in [6.45, 7) is 6.94. The van der Waals surface area contributed by atoms with E-state index in [1.54, 1.807) is 18.2 Å². The molecule has 5 N–H and O–H groups in total. The molecule has 0 aliphatic carbocycles. The molecule has 1 fully saturated rings. The fourth-order valence-electron chi connectivity index (χ4n) is 5.28. The second-order valence-corrected chi connectivity index (χ2v) is 15.2. The van der Waals surface area contributed by atoms with Crippen LogP contribution in [0.3, 0.4) is 0 Å². The topological polar surface area (TPSA) is 175 Å². The van der Waals surface area contributed by atoms with Gasteiger partial charge in [-0.15, -0.1) is 0 Å². The zero-order chi connectivity index (χ0) is 37.5. The van der Waals surface area contributed by atoms with Crippen molar-refractivity contribution in [2.75, 3.05) is 30.7 Å². The van der Waals surface area contributed by atoms with Gasteiger partial charge in [0.1, 0.15) is 12.1 Å². The molecule has 52 heavy (non-hydrogen) atoms. The summed E-state index contributed by atoms with van der Waals surface area (Å²) in [4.78, 5) is 76.3. The number of carbonyl (C=O) groups excluding carboxylic acids is 5. The number of amides is 6. The minimum absolute atomic E-state index is 0.149. The van der Waals surface area contributed by atoms with Gasteiger partial charge in [-0.1, -0.05) is 80.9 Å². The largest absolute Gasteiger partial charge is 0.355 e. The van der Waals surface area contributed by atoms with E-state index >= 15 is 0 Å². The molecule has 0 spiro atoms. The number of carbonyl (C=O) groups is 5. The van der Waals surface area contributed by atoms with Crippen molar-refractivity contribution in [3.63, 3.8) is 0 Å². The first-order chi connectivity index (χ1) is 24.9. The number of hydrogen-bond acceptors (Lipinski definition) is 8. The number of nitrogens with zero attached hydrogens (tertiary/aromatic N) is 3. The molecule has 2 heterocycles. The predicted octanol–water partition coefficient (Wildman–Crippen LogP) is 4.15. The number of hydrogen-bond donors (Lipinski definition) is 5. The third-order valence-corrected chi connectivity index (χ3v) is 9.70. The lowest BCUT2D eigenvalue weighted by molar-refractivity contribution is -0.131. The van der Waals surface area contributed by atoms with Gasteiger partial charge in [0.25, 0.3) is 0 Å². The first-order valence-corrected chi connectivity index (χ1v) is 18.7. The molecule has 6 amide bonds. The van der Waals surface area contributed by atoms with Crippen molar-refractivity contribution in [3.8, 4) is 0 Å². The monoisotopic (exact) mass is 750 g/mol. The van der Waals surface area contributed by atoms with Crippen LogP contribution in [0.4, 0.5) is 10.6 Å². The van der Waals surface area contributed by atoms with Gasteiger partial charge in [-0.2, -0.15) is 11.8 Å². The van der Waals surface area contributed by atoms with E-state index < -0.39 is 35.8 Å². The van der Waals surface area contributed by atoms with Crippen molar-refractivity contribution in [1.82, 2.24) is 36.1 Å². The van der Waals surface area contributed by atoms with E-state index in [0.717, 1.165) is 11.1 Å². The second kappa shape index (κ2) is 19.8. The fourth-order valence-corrected chi connectivity index (χ4v) is 6.50. The summed E-state index contributed by atoms with van der Waals surface area (Å²) in [5.41, 5.74) is 1.57. The molecule has 15 heteroatoms. The Morgan fingerprint density at radius 1 is 0.904 bits per heavy atom. The van der Waals surface area contributed by atoms with E-state index in [1.165, 1.54) is 35.3 Å². The number of urea groups is 1. The summed E-state index contributed by atoms with van der Waals surface area (Å²) in [5.74, 6) is -0.894. The number of likely N-dealkylation sites (tertiary alicyclic amines) is 1. The maximum absolute atomic E-state index is 13.9. The van der Waals surface area contributed by atoms with Gasteiger partial charge in [-0.25, -0.2) is 9.78 Å². The normalized spacial score (nSPS) is 14.4. The van der Waals surface area contributed by atoms with Gasteiger partial charge in [0.2, 0.25) is 23.6 Å². The van der Waals surface area contributed by atoms with Crippen LogP contribution in [0.2, 0.25) is 5.02 Å². The molecule has 3 aromatic rings. The van der Waals surface area contributed by atoms with Crippen LogP contribution in [-0.2, 0) is 31.5 Å². The average molecular weight is 751 g/mol. The van der Waals surface area contributed by atoms with Gasteiger partial charge in [-0.05, 0) is 35.4 Å². The second-order valence-electron chi connectivity index (χ2n) is 13.8. The summed E-state index contributed by atoms with van der Waals surface area (Å²) < 4.78 is 0. The van der Waals surface area contributed by atoms with Crippen molar-refractivity contribution in [1.29, 1.82) is 0 Å². The molecule has 0 unspecified atom stereocenters. The number of aromatic nitrogens is 2. The standard InChI is InChI=1S/C37H47ClN8O5S/c1-37(2,3)24-42-32(47)19-29(44-36(51)46-17-13-26(14-18-46)33(48)45-31-21-39-15-16-40-31)35(50)43-30(23-52-22-25-9-5-4-6-10-25)34(49)41-20-27-11-7-8-12-28(27)38/h4-12,15-16,21,26,29-30H,13-14,17-20,22-24H2,1-3H3,(H,41,49)(H,42,47)(H,43,50)(H,44,51)(H,40,45,48)/t29-,30-/m0/s1. The molecule has 1 saturated heterocycles. The van der Waals surface area contributed by atoms with Crippen LogP contribution in [-0.4, -0.2) is 82.0 Å². The molecular weight excluding hydrogens is 704 g/mol. The van der Waals surface area contributed by atoms with Crippen LogP contribution in [0, 0.1) is 11.3 Å². The van der Waals surface area contributed by atoms with E-state index in [1.807, 2.05) is 57.2 Å². The highest BCUT2D eigenvalue weighted by Crippen LogP contribution is 2.20. The Morgan fingerprint density at radius 2 is 1.62 bits per heavy atom. The summed E-state index contributed by atoms with van der Waals surface area (Å²) in [6, 6.07) is 14.1. The third-order valence-electron chi connectivity index (χ3n) is 8.23. The van der Waals surface area contributed by atoms with Crippen LogP contribution < -0.4 is 26.6 Å². The van der Waals surface area contributed by atoms with Crippen LogP contribution in [0.15, 0.2) is 73.2 Å². The van der Waals surface area contributed by atoms with Gasteiger partial charge >= 0.3 is 6.03 Å². The minimum atomic E-state index is -1.27. The molecule has 13 nitrogen and oxygen atoms in total. The Hall–Kier alpha value is -4.69. The predicted molar refractivity (Wildman–Crippen MR) is 202 cm³/mol. The molecule has 1 aromatic heterocycles. The fraction of sp³-hybridized carbons (Fsp3) is 0.432. The van der Waals surface area contributed by atoms with Crippen LogP contribution >= 0.6 is 23.4 Å². The molecular formula is C37H47ClN8O5S. The van der Waals surface area contributed by atoms with Gasteiger partial charge in [0, 0.05) is 61.0 Å². The average Bonchev–Trinajstić information content (AvgIpc) is 3.13. The highest BCUT2D eigenvalue weighted by Gasteiger charge is 2.33. The Kier molecular flexibility index (Phi) is 15.3. The molecule has 2 atom stereocenters. The zero-order valence-corrected chi connectivity index (χ0v) is 31.3. The number of rotatable bonds is 15. The lowest BCUT2D eigenvalue weighted by Crippen LogP contribution is -2.58. The van der Waals surface area contributed by atoms with Gasteiger partial charge < -0.3 is 31.5 Å². The van der Waals surface area contributed by atoms with E-state index in [4.69, 9.17) is 11.6 Å². The summed E-state index contributed by atoms with van der Waals surface area (Å²) in [5, 5.41) is 14.5. The smallest absolute Gasteiger partial charge is 0.318 e. The summed E-state index contributed by atoms with van der Waals surface area (Å²) in [7, 11) is 0. The Bertz CT molecular complexity index is 1650. The van der Waals surface area contributed by atoms with Crippen LogP contribution in [0.1, 0.15) is 51.2 Å². The number of benzene rings is 2. The highest BCUT2D eigenvalue weighted by atomic mass is 35.5. The molecule has 0 saturated carbocycles. The molecule has 278 valence electrons. The first-order valence-electron chi connectivity index (χ1n) is 17.2. The third kappa shape index (κ3) is 13.5. The Labute approximate surface area is 313 Å². The Balaban J connectivity index is 1.43. The summed E-state index contributed by atoms with van der Waals surface area (Å²) >= 11 is 7.77. The van der Waals surface area contributed by atoms with Crippen molar-refractivity contribution in [2.45, 2.75) is 64.4 Å². The maximum Gasteiger partial charge on any atom is 0.318 e. The lowest BCUT2D eigenvalue weighted by Gasteiger charge is -2.32. The zero-order valence-electron chi connectivity index (χ0n) is 29.7. The van der Waals surface area contributed by atoms with E-state index in [9.17, 15) is 24.0 Å². The number of halogens is 1. The van der Waals surface area contributed by atoms with Crippen molar-refractivity contribution in [3.05, 3.63) is 89.3 Å². The Morgan fingerprint density at radius 3 is 2.29 bits per heavy atom. The van der Waals surface area contributed by atoms with Crippen molar-refractivity contribution >= 4 is 58.8 Å². The molecule has 2 aromatic carbocycles. The lowest BCUT2D eigenvalue weighted by atomic mass is 9.96. The van der Waals surface area contributed by atoms with E-state index in [-0.39, 0.29) is 49.0 Å². The quantitative estimate of drug-likeness (QED) is 0.154. The molecule has 1 aliphatic heterocycles. The van der Waals surface area contributed by atoms with Gasteiger partial charge in [-0.3, -0.25) is 24.2 Å². The SMILES string of the molecule is CC(C)(C)CNC(=O)C[C@H](NC(=O)N1CCC(C(=O)Nc2cnccn2)CC1)C(=O)N[C@@H](CSCc1ccccc1)C(=O)NCc1ccccc1Cl. The molecule has 0 radical (unpaired) electrons. The number of thioether (sulfide) groups is 1. The first kappa shape index (κ1) is 40.1. The van der Waals surface area contributed by atoms with Gasteiger partial charge in [0.05, 0.1) is 12.6 Å². The van der Waals surface area contributed by atoms with Crippen LogP contribution in [0.25, 0.3) is 0 Å².